The number of aryl methyl sites for hydroxylation is 2. The third kappa shape index (κ3) is 6.84. The van der Waals surface area contributed by atoms with Crippen molar-refractivity contribution in [2.45, 2.75) is 27.7 Å². The number of carbonyl (C=O) groups excluding carboxylic acids is 3. The third-order valence-corrected chi connectivity index (χ3v) is 4.10. The highest BCUT2D eigenvalue weighted by Gasteiger charge is 2.21. The molecule has 26 heavy (non-hydrogen) atoms. The van der Waals surface area contributed by atoms with Crippen molar-refractivity contribution in [2.75, 3.05) is 45.1 Å². The van der Waals surface area contributed by atoms with Gasteiger partial charge in [0.1, 0.15) is 0 Å². The molecule has 3 N–H and O–H groups in total. The van der Waals surface area contributed by atoms with Crippen LogP contribution in [0.4, 0.5) is 5.69 Å². The fraction of sp³-hybridized carbons (Fsp3) is 0.526. The first kappa shape index (κ1) is 21.6. The van der Waals surface area contributed by atoms with Crippen LogP contribution in [0.5, 0.6) is 0 Å². The van der Waals surface area contributed by atoms with E-state index in [-0.39, 0.29) is 37.4 Å². The Morgan fingerprint density at radius 2 is 1.65 bits per heavy atom. The molecule has 0 aromatic heterocycles. The molecule has 3 amide bonds. The van der Waals surface area contributed by atoms with Crippen LogP contribution in [-0.4, -0.2) is 62.4 Å². The van der Waals surface area contributed by atoms with Gasteiger partial charge in [0.25, 0.3) is 11.8 Å². The molecule has 0 fully saturated rings. The second-order valence-corrected chi connectivity index (χ2v) is 6.49. The molecule has 7 nitrogen and oxygen atoms in total. The molecule has 1 unspecified atom stereocenters. The van der Waals surface area contributed by atoms with Crippen molar-refractivity contribution < 1.29 is 19.3 Å². The zero-order chi connectivity index (χ0) is 19.7. The molecule has 0 bridgehead atoms. The number of hydrogen-bond donors (Lipinski definition) is 3. The number of nitrogens with one attached hydrogen (secondary N) is 3. The third-order valence-electron chi connectivity index (χ3n) is 4.10. The number of rotatable bonds is 9. The first-order valence-corrected chi connectivity index (χ1v) is 9.00. The summed E-state index contributed by atoms with van der Waals surface area (Å²) in [4.78, 5) is 38.6. The Morgan fingerprint density at radius 1 is 1.04 bits per heavy atom. The Kier molecular flexibility index (Phi) is 8.78. The predicted octanol–water partition coefficient (Wildman–Crippen LogP) is -0.259. The molecular formula is C19H31N4O3+. The summed E-state index contributed by atoms with van der Waals surface area (Å²) < 4.78 is 0. The average molecular weight is 363 g/mol. The highest BCUT2D eigenvalue weighted by molar-refractivity contribution is 5.93. The van der Waals surface area contributed by atoms with E-state index in [0.29, 0.717) is 13.1 Å². The lowest BCUT2D eigenvalue weighted by Gasteiger charge is -2.22. The van der Waals surface area contributed by atoms with E-state index >= 15 is 0 Å². The summed E-state index contributed by atoms with van der Waals surface area (Å²) in [7, 11) is 1.79. The molecule has 0 radical (unpaired) electrons. The summed E-state index contributed by atoms with van der Waals surface area (Å²) in [5, 5.41) is 5.61. The summed E-state index contributed by atoms with van der Waals surface area (Å²) >= 11 is 0. The lowest BCUT2D eigenvalue weighted by atomic mass is 10.1. The molecular weight excluding hydrogens is 332 g/mol. The van der Waals surface area contributed by atoms with Crippen molar-refractivity contribution >= 4 is 23.4 Å². The van der Waals surface area contributed by atoms with Crippen molar-refractivity contribution in [3.8, 4) is 0 Å². The Morgan fingerprint density at radius 3 is 2.19 bits per heavy atom. The van der Waals surface area contributed by atoms with Gasteiger partial charge in [0.15, 0.2) is 13.1 Å². The van der Waals surface area contributed by atoms with E-state index in [1.807, 2.05) is 45.9 Å². The van der Waals surface area contributed by atoms with Crippen LogP contribution in [0.15, 0.2) is 18.2 Å². The van der Waals surface area contributed by atoms with Crippen molar-refractivity contribution in [1.29, 1.82) is 0 Å². The summed E-state index contributed by atoms with van der Waals surface area (Å²) in [6.07, 6.45) is 0. The lowest BCUT2D eigenvalue weighted by molar-refractivity contribution is -0.862. The fourth-order valence-corrected chi connectivity index (χ4v) is 2.70. The van der Waals surface area contributed by atoms with Gasteiger partial charge in [0.2, 0.25) is 5.91 Å². The van der Waals surface area contributed by atoms with Gasteiger partial charge in [-0.25, -0.2) is 0 Å². The Hall–Kier alpha value is -2.41. The molecule has 0 aliphatic rings. The smallest absolute Gasteiger partial charge is 0.279 e. The highest BCUT2D eigenvalue weighted by atomic mass is 16.2. The van der Waals surface area contributed by atoms with E-state index in [1.54, 1.807) is 7.05 Å². The monoisotopic (exact) mass is 363 g/mol. The van der Waals surface area contributed by atoms with Crippen LogP contribution in [0.25, 0.3) is 0 Å². The highest BCUT2D eigenvalue weighted by Crippen LogP contribution is 2.18. The van der Waals surface area contributed by atoms with Crippen molar-refractivity contribution in [1.82, 2.24) is 10.2 Å². The van der Waals surface area contributed by atoms with Gasteiger partial charge >= 0.3 is 0 Å². The topological polar surface area (TPSA) is 83.0 Å². The van der Waals surface area contributed by atoms with Crippen LogP contribution < -0.4 is 15.5 Å². The van der Waals surface area contributed by atoms with E-state index in [1.165, 1.54) is 4.90 Å². The van der Waals surface area contributed by atoms with Crippen LogP contribution in [-0.2, 0) is 14.4 Å². The number of hydrogen-bond acceptors (Lipinski definition) is 3. The molecule has 1 rings (SSSR count). The first-order chi connectivity index (χ1) is 12.3. The quantitative estimate of drug-likeness (QED) is 0.565. The van der Waals surface area contributed by atoms with Gasteiger partial charge in [-0.05, 0) is 38.8 Å². The number of likely N-dealkylation sites (N-methyl/N-ethyl adjacent to an activating group) is 3. The van der Waals surface area contributed by atoms with E-state index in [4.69, 9.17) is 0 Å². The maximum Gasteiger partial charge on any atom is 0.279 e. The summed E-state index contributed by atoms with van der Waals surface area (Å²) in [5.41, 5.74) is 2.83. The van der Waals surface area contributed by atoms with Crippen molar-refractivity contribution in [2.24, 2.45) is 0 Å². The van der Waals surface area contributed by atoms with E-state index in [0.717, 1.165) is 21.7 Å². The van der Waals surface area contributed by atoms with Gasteiger partial charge in [-0.3, -0.25) is 14.4 Å². The number of nitrogens with zero attached hydrogens (tertiary/aromatic N) is 1. The molecule has 1 aromatic carbocycles. The maximum atomic E-state index is 12.4. The number of benzene rings is 1. The molecule has 0 spiro atoms. The van der Waals surface area contributed by atoms with Gasteiger partial charge < -0.3 is 20.4 Å². The number of anilines is 1. The van der Waals surface area contributed by atoms with Gasteiger partial charge in [-0.15, -0.1) is 0 Å². The molecule has 0 heterocycles. The normalized spacial score (nSPS) is 11.6. The first-order valence-electron chi connectivity index (χ1n) is 9.00. The largest absolute Gasteiger partial charge is 0.355 e. The van der Waals surface area contributed by atoms with E-state index in [9.17, 15) is 14.4 Å². The number of amides is 3. The Labute approximate surface area is 155 Å². The summed E-state index contributed by atoms with van der Waals surface area (Å²) in [6, 6.07) is 5.84. The standard InChI is InChI=1S/C19H30N4O3/c1-6-20-16(24)12-23(7-2)18(26)13-22(5)11-17(25)21-19-14(3)9-8-10-15(19)4/h8-10H,6-7,11-13H2,1-5H3,(H,20,24)(H,21,25)/p+1. The second kappa shape index (κ2) is 10.6. The van der Waals surface area contributed by atoms with E-state index in [2.05, 4.69) is 10.6 Å². The number of carbonyl (C=O) groups is 3. The van der Waals surface area contributed by atoms with Crippen molar-refractivity contribution in [3.05, 3.63) is 29.3 Å². The fourth-order valence-electron chi connectivity index (χ4n) is 2.70. The predicted molar refractivity (Wildman–Crippen MR) is 102 cm³/mol. The van der Waals surface area contributed by atoms with Crippen LogP contribution in [0.3, 0.4) is 0 Å². The number of para-hydroxylation sites is 1. The minimum absolute atomic E-state index is 0.0467. The van der Waals surface area contributed by atoms with Crippen LogP contribution in [0.2, 0.25) is 0 Å². The van der Waals surface area contributed by atoms with Gasteiger partial charge in [-0.2, -0.15) is 0 Å². The molecule has 1 atom stereocenters. The minimum atomic E-state index is -0.173. The second-order valence-electron chi connectivity index (χ2n) is 6.49. The molecule has 1 aromatic rings. The number of quaternary nitrogens is 1. The molecule has 0 aliphatic heterocycles. The van der Waals surface area contributed by atoms with Crippen molar-refractivity contribution in [3.63, 3.8) is 0 Å². The summed E-state index contributed by atoms with van der Waals surface area (Å²) in [5.74, 6) is -0.455. The average Bonchev–Trinajstić information content (AvgIpc) is 2.56. The molecule has 144 valence electrons. The van der Waals surface area contributed by atoms with E-state index < -0.39 is 0 Å². The van der Waals surface area contributed by atoms with Gasteiger partial charge in [0, 0.05) is 18.8 Å². The zero-order valence-electron chi connectivity index (χ0n) is 16.4. The molecule has 7 heteroatoms. The molecule has 0 saturated heterocycles. The summed E-state index contributed by atoms with van der Waals surface area (Å²) in [6.45, 7) is 8.94. The SMILES string of the molecule is CCNC(=O)CN(CC)C(=O)C[NH+](C)CC(=O)Nc1c(C)cccc1C. The Balaban J connectivity index is 2.56. The van der Waals surface area contributed by atoms with Crippen LogP contribution in [0.1, 0.15) is 25.0 Å². The zero-order valence-corrected chi connectivity index (χ0v) is 16.4. The molecule has 0 saturated carbocycles. The van der Waals surface area contributed by atoms with Crippen LogP contribution >= 0.6 is 0 Å². The maximum absolute atomic E-state index is 12.4. The minimum Gasteiger partial charge on any atom is -0.355 e. The Bertz CT molecular complexity index is 625. The van der Waals surface area contributed by atoms with Crippen LogP contribution in [0, 0.1) is 13.8 Å². The molecule has 0 aliphatic carbocycles. The van der Waals surface area contributed by atoms with Gasteiger partial charge in [-0.1, -0.05) is 18.2 Å². The van der Waals surface area contributed by atoms with Gasteiger partial charge in [0.05, 0.1) is 13.6 Å². The lowest BCUT2D eigenvalue weighted by Crippen LogP contribution is -3.11.